The van der Waals surface area contributed by atoms with E-state index in [9.17, 15) is 4.79 Å². The molecule has 1 aliphatic heterocycles. The molecular weight excluding hydrogens is 316 g/mol. The highest BCUT2D eigenvalue weighted by Gasteiger charge is 2.22. The average molecular weight is 346 g/mol. The monoisotopic (exact) mass is 346 g/mol. The lowest BCUT2D eigenvalue weighted by Crippen LogP contribution is -2.46. The van der Waals surface area contributed by atoms with Gasteiger partial charge in [0.25, 0.3) is 0 Å². The lowest BCUT2D eigenvalue weighted by molar-refractivity contribution is -0.121. The van der Waals surface area contributed by atoms with Crippen molar-refractivity contribution in [3.8, 4) is 5.75 Å². The number of carbonyl (C=O) groups is 1. The van der Waals surface area contributed by atoms with Gasteiger partial charge in [0, 0.05) is 40.2 Å². The number of piperidine rings is 1. The molecule has 0 radical (unpaired) electrons. The van der Waals surface area contributed by atoms with Gasteiger partial charge in [0.2, 0.25) is 5.91 Å². The van der Waals surface area contributed by atoms with Crippen LogP contribution in [0, 0.1) is 5.92 Å². The van der Waals surface area contributed by atoms with Gasteiger partial charge in [-0.25, -0.2) is 0 Å². The molecule has 2 rings (SSSR count). The molecule has 0 aromatic heterocycles. The highest BCUT2D eigenvalue weighted by Crippen LogP contribution is 2.20. The van der Waals surface area contributed by atoms with Crippen LogP contribution in [0.15, 0.2) is 29.3 Å². The standard InChI is InChI=1S/C19H30N4O2/c1-20-18(24)14-16-9-12-23(13-10-16)19(21-2)22-11-8-15-4-6-17(25-3)7-5-15/h4-7,16H,8-14H2,1-3H3,(H,20,24)(H,21,22). The van der Waals surface area contributed by atoms with E-state index in [1.54, 1.807) is 14.2 Å². The van der Waals surface area contributed by atoms with Gasteiger partial charge >= 0.3 is 0 Å². The quantitative estimate of drug-likeness (QED) is 0.607. The van der Waals surface area contributed by atoms with Crippen LogP contribution in [0.2, 0.25) is 0 Å². The highest BCUT2D eigenvalue weighted by atomic mass is 16.5. The minimum absolute atomic E-state index is 0.139. The predicted octanol–water partition coefficient (Wildman–Crippen LogP) is 1.66. The van der Waals surface area contributed by atoms with Crippen molar-refractivity contribution < 1.29 is 9.53 Å². The first kappa shape index (κ1) is 19.1. The van der Waals surface area contributed by atoms with Crippen molar-refractivity contribution in [2.75, 3.05) is 40.8 Å². The lowest BCUT2D eigenvalue weighted by atomic mass is 9.93. The van der Waals surface area contributed by atoms with Gasteiger partial charge in [0.15, 0.2) is 5.96 Å². The zero-order chi connectivity index (χ0) is 18.1. The molecule has 1 heterocycles. The first-order chi connectivity index (χ1) is 12.2. The van der Waals surface area contributed by atoms with Crippen LogP contribution in [0.25, 0.3) is 0 Å². The SMILES string of the molecule is CN=C(NCCc1ccc(OC)cc1)N1CCC(CC(=O)NC)CC1. The topological polar surface area (TPSA) is 66.0 Å². The van der Waals surface area contributed by atoms with Gasteiger partial charge in [-0.1, -0.05) is 12.1 Å². The number of ether oxygens (including phenoxy) is 1. The molecule has 0 spiro atoms. The summed E-state index contributed by atoms with van der Waals surface area (Å²) < 4.78 is 5.18. The number of likely N-dealkylation sites (tertiary alicyclic amines) is 1. The molecule has 25 heavy (non-hydrogen) atoms. The van der Waals surface area contributed by atoms with Crippen LogP contribution in [0.5, 0.6) is 5.75 Å². The Bertz CT molecular complexity index is 563. The van der Waals surface area contributed by atoms with Crippen LogP contribution in [0.4, 0.5) is 0 Å². The van der Waals surface area contributed by atoms with Crippen LogP contribution in [-0.2, 0) is 11.2 Å². The Morgan fingerprint density at radius 3 is 2.52 bits per heavy atom. The molecule has 1 amide bonds. The fraction of sp³-hybridized carbons (Fsp3) is 0.579. The van der Waals surface area contributed by atoms with Crippen molar-refractivity contribution in [2.45, 2.75) is 25.7 Å². The van der Waals surface area contributed by atoms with E-state index >= 15 is 0 Å². The maximum absolute atomic E-state index is 11.5. The molecule has 1 aliphatic rings. The molecule has 0 unspecified atom stereocenters. The lowest BCUT2D eigenvalue weighted by Gasteiger charge is -2.34. The number of methoxy groups -OCH3 is 1. The number of hydrogen-bond acceptors (Lipinski definition) is 3. The molecule has 0 bridgehead atoms. The van der Waals surface area contributed by atoms with Crippen molar-refractivity contribution in [3.05, 3.63) is 29.8 Å². The van der Waals surface area contributed by atoms with E-state index < -0.39 is 0 Å². The number of carbonyl (C=O) groups excluding carboxylic acids is 1. The van der Waals surface area contributed by atoms with E-state index in [-0.39, 0.29) is 5.91 Å². The minimum Gasteiger partial charge on any atom is -0.497 e. The van der Waals surface area contributed by atoms with Crippen LogP contribution in [0.1, 0.15) is 24.8 Å². The van der Waals surface area contributed by atoms with Gasteiger partial charge in [-0.05, 0) is 42.9 Å². The van der Waals surface area contributed by atoms with E-state index in [0.717, 1.165) is 50.6 Å². The number of hydrogen-bond donors (Lipinski definition) is 2. The fourth-order valence-electron chi connectivity index (χ4n) is 3.16. The second kappa shape index (κ2) is 9.91. The smallest absolute Gasteiger partial charge is 0.220 e. The first-order valence-corrected chi connectivity index (χ1v) is 8.95. The molecule has 6 nitrogen and oxygen atoms in total. The Kier molecular flexibility index (Phi) is 7.57. The summed E-state index contributed by atoms with van der Waals surface area (Å²) in [5.74, 6) is 2.45. The summed E-state index contributed by atoms with van der Waals surface area (Å²) in [6.45, 7) is 2.74. The molecule has 1 fully saturated rings. The summed E-state index contributed by atoms with van der Waals surface area (Å²) in [4.78, 5) is 18.2. The second-order valence-electron chi connectivity index (χ2n) is 6.38. The van der Waals surface area contributed by atoms with Crippen LogP contribution in [0.3, 0.4) is 0 Å². The van der Waals surface area contributed by atoms with Gasteiger partial charge in [-0.3, -0.25) is 9.79 Å². The first-order valence-electron chi connectivity index (χ1n) is 8.95. The number of aliphatic imine (C=N–C) groups is 1. The van der Waals surface area contributed by atoms with Gasteiger partial charge in [0.1, 0.15) is 5.75 Å². The summed E-state index contributed by atoms with van der Waals surface area (Å²) in [5, 5.41) is 6.16. The molecule has 2 N–H and O–H groups in total. The minimum atomic E-state index is 0.139. The Hall–Kier alpha value is -2.24. The molecule has 6 heteroatoms. The largest absolute Gasteiger partial charge is 0.497 e. The van der Waals surface area contributed by atoms with Gasteiger partial charge in [-0.15, -0.1) is 0 Å². The van der Waals surface area contributed by atoms with Crippen molar-refractivity contribution in [3.63, 3.8) is 0 Å². The van der Waals surface area contributed by atoms with Crippen LogP contribution in [-0.4, -0.2) is 57.6 Å². The summed E-state index contributed by atoms with van der Waals surface area (Å²) in [5.41, 5.74) is 1.27. The van der Waals surface area contributed by atoms with Gasteiger partial charge < -0.3 is 20.3 Å². The van der Waals surface area contributed by atoms with E-state index in [2.05, 4.69) is 32.7 Å². The normalized spacial score (nSPS) is 15.8. The van der Waals surface area contributed by atoms with E-state index in [4.69, 9.17) is 4.74 Å². The zero-order valence-electron chi connectivity index (χ0n) is 15.5. The van der Waals surface area contributed by atoms with Crippen LogP contribution >= 0.6 is 0 Å². The Morgan fingerprint density at radius 2 is 1.96 bits per heavy atom. The Labute approximate surface area is 150 Å². The summed E-state index contributed by atoms with van der Waals surface area (Å²) in [7, 11) is 5.21. The third-order valence-corrected chi connectivity index (χ3v) is 4.73. The molecule has 138 valence electrons. The highest BCUT2D eigenvalue weighted by molar-refractivity contribution is 5.80. The van der Waals surface area contributed by atoms with Crippen LogP contribution < -0.4 is 15.4 Å². The summed E-state index contributed by atoms with van der Waals surface area (Å²) >= 11 is 0. The molecule has 0 aliphatic carbocycles. The summed E-state index contributed by atoms with van der Waals surface area (Å²) in [6, 6.07) is 8.16. The number of guanidine groups is 1. The molecule has 1 saturated heterocycles. The Balaban J connectivity index is 1.74. The molecule has 0 saturated carbocycles. The van der Waals surface area contributed by atoms with Crippen molar-refractivity contribution in [1.82, 2.24) is 15.5 Å². The van der Waals surface area contributed by atoms with Gasteiger partial charge in [0.05, 0.1) is 7.11 Å². The zero-order valence-corrected chi connectivity index (χ0v) is 15.5. The maximum atomic E-state index is 11.5. The predicted molar refractivity (Wildman–Crippen MR) is 101 cm³/mol. The second-order valence-corrected chi connectivity index (χ2v) is 6.38. The van der Waals surface area contributed by atoms with E-state index in [0.29, 0.717) is 12.3 Å². The van der Waals surface area contributed by atoms with E-state index in [1.165, 1.54) is 5.56 Å². The third kappa shape index (κ3) is 5.96. The average Bonchev–Trinajstić information content (AvgIpc) is 2.66. The maximum Gasteiger partial charge on any atom is 0.220 e. The number of benzene rings is 1. The van der Waals surface area contributed by atoms with Crippen molar-refractivity contribution in [1.29, 1.82) is 0 Å². The summed E-state index contributed by atoms with van der Waals surface area (Å²) in [6.07, 6.45) is 3.64. The van der Waals surface area contributed by atoms with Gasteiger partial charge in [-0.2, -0.15) is 0 Å². The molecular formula is C19H30N4O2. The molecule has 0 atom stereocenters. The van der Waals surface area contributed by atoms with Crippen molar-refractivity contribution >= 4 is 11.9 Å². The fourth-order valence-corrected chi connectivity index (χ4v) is 3.16. The third-order valence-electron chi connectivity index (χ3n) is 4.73. The molecule has 1 aromatic carbocycles. The Morgan fingerprint density at radius 1 is 1.28 bits per heavy atom. The van der Waals surface area contributed by atoms with Crippen molar-refractivity contribution in [2.24, 2.45) is 10.9 Å². The number of amides is 1. The molecule has 1 aromatic rings. The number of rotatable bonds is 6. The number of nitrogens with one attached hydrogen (secondary N) is 2. The number of nitrogens with zero attached hydrogens (tertiary/aromatic N) is 2. The van der Waals surface area contributed by atoms with E-state index in [1.807, 2.05) is 19.2 Å².